The Hall–Kier alpha value is -1.48. The third-order valence-electron chi connectivity index (χ3n) is 3.69. The summed E-state index contributed by atoms with van der Waals surface area (Å²) in [7, 11) is 0. The molecule has 0 aliphatic carbocycles. The number of benzene rings is 1. The molecule has 1 saturated heterocycles. The van der Waals surface area contributed by atoms with Gasteiger partial charge >= 0.3 is 0 Å². The first-order valence-corrected chi connectivity index (χ1v) is 7.55. The Morgan fingerprint density at radius 3 is 2.48 bits per heavy atom. The summed E-state index contributed by atoms with van der Waals surface area (Å²) in [5.74, 6) is 0.554. The van der Waals surface area contributed by atoms with Crippen molar-refractivity contribution in [2.75, 3.05) is 31.1 Å². The van der Waals surface area contributed by atoms with Gasteiger partial charge in [0.15, 0.2) is 5.96 Å². The van der Waals surface area contributed by atoms with Crippen molar-refractivity contribution in [1.82, 2.24) is 10.1 Å². The third kappa shape index (κ3) is 4.74. The van der Waals surface area contributed by atoms with Crippen LogP contribution >= 0.6 is 35.6 Å². The smallest absolute Gasteiger partial charge is 0.191 e. The molecule has 3 rings (SSSR count). The molecule has 0 amide bonds. The molecule has 0 bridgehead atoms. The van der Waals surface area contributed by atoms with E-state index in [9.17, 15) is 0 Å². The fraction of sp³-hybridized carbons (Fsp3) is 0.333. The zero-order valence-corrected chi connectivity index (χ0v) is 15.6. The van der Waals surface area contributed by atoms with E-state index in [-0.39, 0.29) is 24.0 Å². The number of nitrogens with two attached hydrogens (primary N) is 1. The van der Waals surface area contributed by atoms with E-state index in [1.165, 1.54) is 12.0 Å². The Balaban J connectivity index is 0.00000192. The quantitative estimate of drug-likeness (QED) is 0.445. The topological polar surface area (TPSA) is 70.9 Å². The molecule has 6 nitrogen and oxygen atoms in total. The number of piperazine rings is 1. The van der Waals surface area contributed by atoms with Gasteiger partial charge in [-0.2, -0.15) is 0 Å². The maximum Gasteiger partial charge on any atom is 0.191 e. The minimum absolute atomic E-state index is 0. The van der Waals surface area contributed by atoms with Crippen molar-refractivity contribution in [3.8, 4) is 0 Å². The summed E-state index contributed by atoms with van der Waals surface area (Å²) >= 11 is 5.92. The van der Waals surface area contributed by atoms with Gasteiger partial charge in [-0.05, 0) is 24.3 Å². The zero-order valence-electron chi connectivity index (χ0n) is 12.6. The van der Waals surface area contributed by atoms with Gasteiger partial charge in [0.25, 0.3) is 0 Å². The van der Waals surface area contributed by atoms with Crippen LogP contribution in [0.2, 0.25) is 5.02 Å². The predicted octanol–water partition coefficient (Wildman–Crippen LogP) is 2.58. The Labute approximate surface area is 157 Å². The summed E-state index contributed by atoms with van der Waals surface area (Å²) in [6.07, 6.45) is 1.53. The van der Waals surface area contributed by atoms with Crippen LogP contribution in [0, 0.1) is 0 Å². The number of hydrogen-bond donors (Lipinski definition) is 1. The van der Waals surface area contributed by atoms with Gasteiger partial charge in [0.1, 0.15) is 12.0 Å². The molecule has 2 N–H and O–H groups in total. The average molecular weight is 448 g/mol. The summed E-state index contributed by atoms with van der Waals surface area (Å²) in [4.78, 5) is 8.77. The SMILES string of the molecule is I.NC(=NCc1ccon1)N1CCN(c2ccc(Cl)cc2)CC1. The lowest BCUT2D eigenvalue weighted by Crippen LogP contribution is -2.51. The molecule has 0 unspecified atom stereocenters. The molecule has 2 heterocycles. The van der Waals surface area contributed by atoms with Crippen LogP contribution in [-0.4, -0.2) is 42.2 Å². The van der Waals surface area contributed by atoms with Crippen molar-refractivity contribution in [3.63, 3.8) is 0 Å². The highest BCUT2D eigenvalue weighted by molar-refractivity contribution is 14.0. The Kier molecular flexibility index (Phi) is 6.52. The van der Waals surface area contributed by atoms with E-state index in [1.54, 1.807) is 6.07 Å². The molecule has 1 fully saturated rings. The van der Waals surface area contributed by atoms with E-state index in [2.05, 4.69) is 19.9 Å². The first-order chi connectivity index (χ1) is 10.7. The summed E-state index contributed by atoms with van der Waals surface area (Å²) < 4.78 is 4.77. The molecule has 124 valence electrons. The zero-order chi connectivity index (χ0) is 15.4. The van der Waals surface area contributed by atoms with Gasteiger partial charge in [-0.1, -0.05) is 16.8 Å². The molecule has 23 heavy (non-hydrogen) atoms. The summed E-state index contributed by atoms with van der Waals surface area (Å²) in [6, 6.07) is 9.70. The van der Waals surface area contributed by atoms with Crippen molar-refractivity contribution < 1.29 is 4.52 Å². The van der Waals surface area contributed by atoms with E-state index < -0.39 is 0 Å². The molecule has 0 radical (unpaired) electrons. The number of aromatic nitrogens is 1. The number of aliphatic imine (C=N–C) groups is 1. The Bertz CT molecular complexity index is 624. The number of rotatable bonds is 3. The summed E-state index contributed by atoms with van der Waals surface area (Å²) in [5.41, 5.74) is 8.01. The second kappa shape index (κ2) is 8.39. The van der Waals surface area contributed by atoms with Gasteiger partial charge in [0.05, 0.1) is 6.54 Å². The van der Waals surface area contributed by atoms with Gasteiger partial charge < -0.3 is 20.1 Å². The van der Waals surface area contributed by atoms with Gasteiger partial charge in [0.2, 0.25) is 0 Å². The summed E-state index contributed by atoms with van der Waals surface area (Å²) in [5, 5.41) is 4.57. The molecular formula is C15H19ClIN5O. The second-order valence-corrected chi connectivity index (χ2v) is 5.55. The number of hydrogen-bond acceptors (Lipinski definition) is 4. The normalized spacial score (nSPS) is 15.4. The first kappa shape index (κ1) is 17.9. The monoisotopic (exact) mass is 447 g/mol. The van der Waals surface area contributed by atoms with Crippen molar-refractivity contribution in [2.45, 2.75) is 6.54 Å². The molecule has 0 spiro atoms. The highest BCUT2D eigenvalue weighted by atomic mass is 127. The van der Waals surface area contributed by atoms with E-state index in [4.69, 9.17) is 21.9 Å². The fourth-order valence-electron chi connectivity index (χ4n) is 2.43. The lowest BCUT2D eigenvalue weighted by atomic mass is 10.2. The molecule has 1 aliphatic heterocycles. The van der Waals surface area contributed by atoms with Crippen LogP contribution in [0.3, 0.4) is 0 Å². The Morgan fingerprint density at radius 2 is 1.87 bits per heavy atom. The first-order valence-electron chi connectivity index (χ1n) is 7.17. The van der Waals surface area contributed by atoms with E-state index in [0.29, 0.717) is 12.5 Å². The van der Waals surface area contributed by atoms with Crippen LogP contribution in [0.25, 0.3) is 0 Å². The molecule has 8 heteroatoms. The highest BCUT2D eigenvalue weighted by Gasteiger charge is 2.18. The van der Waals surface area contributed by atoms with Crippen LogP contribution in [0.15, 0.2) is 46.1 Å². The summed E-state index contributed by atoms with van der Waals surface area (Å²) in [6.45, 7) is 3.94. The molecular weight excluding hydrogens is 429 g/mol. The van der Waals surface area contributed by atoms with Gasteiger partial charge in [-0.15, -0.1) is 24.0 Å². The Morgan fingerprint density at radius 1 is 1.17 bits per heavy atom. The number of guanidine groups is 1. The molecule has 0 saturated carbocycles. The molecule has 2 aromatic rings. The molecule has 0 atom stereocenters. The lowest BCUT2D eigenvalue weighted by molar-refractivity contribution is 0.380. The number of halogens is 2. The lowest BCUT2D eigenvalue weighted by Gasteiger charge is -2.36. The van der Waals surface area contributed by atoms with Crippen molar-refractivity contribution in [1.29, 1.82) is 0 Å². The van der Waals surface area contributed by atoms with Crippen LogP contribution in [-0.2, 0) is 6.54 Å². The highest BCUT2D eigenvalue weighted by Crippen LogP contribution is 2.19. The third-order valence-corrected chi connectivity index (χ3v) is 3.94. The van der Waals surface area contributed by atoms with Crippen LogP contribution < -0.4 is 10.6 Å². The number of anilines is 1. The van der Waals surface area contributed by atoms with Gasteiger partial charge in [0, 0.05) is 43.0 Å². The average Bonchev–Trinajstić information content (AvgIpc) is 3.07. The second-order valence-electron chi connectivity index (χ2n) is 5.12. The maximum atomic E-state index is 6.05. The van der Waals surface area contributed by atoms with E-state index >= 15 is 0 Å². The van der Waals surface area contributed by atoms with E-state index in [0.717, 1.165) is 36.9 Å². The number of nitrogens with zero attached hydrogens (tertiary/aromatic N) is 4. The van der Waals surface area contributed by atoms with Crippen LogP contribution in [0.5, 0.6) is 0 Å². The van der Waals surface area contributed by atoms with Crippen LogP contribution in [0.4, 0.5) is 5.69 Å². The molecule has 1 aliphatic rings. The van der Waals surface area contributed by atoms with Gasteiger partial charge in [-0.25, -0.2) is 4.99 Å². The molecule has 1 aromatic heterocycles. The standard InChI is InChI=1S/C15H18ClN5O.HI/c16-12-1-3-14(4-2-12)20-6-8-21(9-7-20)15(17)18-11-13-5-10-22-19-13;/h1-5,10H,6-9,11H2,(H2,17,18);1H. The van der Waals surface area contributed by atoms with Gasteiger partial charge in [-0.3, -0.25) is 0 Å². The maximum absolute atomic E-state index is 6.05. The van der Waals surface area contributed by atoms with E-state index in [1.807, 2.05) is 24.3 Å². The largest absolute Gasteiger partial charge is 0.370 e. The minimum atomic E-state index is 0. The predicted molar refractivity (Wildman–Crippen MR) is 102 cm³/mol. The molecule has 1 aromatic carbocycles. The van der Waals surface area contributed by atoms with Crippen molar-refractivity contribution in [2.24, 2.45) is 10.7 Å². The van der Waals surface area contributed by atoms with Crippen molar-refractivity contribution in [3.05, 3.63) is 47.3 Å². The minimum Gasteiger partial charge on any atom is -0.370 e. The van der Waals surface area contributed by atoms with Crippen molar-refractivity contribution >= 4 is 47.2 Å². The van der Waals surface area contributed by atoms with Crippen LogP contribution in [0.1, 0.15) is 5.69 Å². The fourth-order valence-corrected chi connectivity index (χ4v) is 2.55.